The molecule has 0 saturated heterocycles. The molecule has 0 spiro atoms. The topological polar surface area (TPSA) is 44.5 Å². The second-order valence-corrected chi connectivity index (χ2v) is 4.33. The normalized spacial score (nSPS) is 13.8. The van der Waals surface area contributed by atoms with Crippen LogP contribution < -0.4 is 10.5 Å². The average molecular weight is 257 g/mol. The van der Waals surface area contributed by atoms with Crippen molar-refractivity contribution in [2.24, 2.45) is 5.73 Å². The lowest BCUT2D eigenvalue weighted by atomic mass is 9.96. The Kier molecular flexibility index (Phi) is 4.55. The predicted molar refractivity (Wildman–Crippen MR) is 76.1 cm³/mol. The van der Waals surface area contributed by atoms with Crippen molar-refractivity contribution in [2.45, 2.75) is 12.1 Å². The van der Waals surface area contributed by atoms with Gasteiger partial charge >= 0.3 is 0 Å². The maximum atomic E-state index is 6.35. The van der Waals surface area contributed by atoms with E-state index in [9.17, 15) is 0 Å². The summed E-state index contributed by atoms with van der Waals surface area (Å²) in [6, 6.07) is 17.5. The Morgan fingerprint density at radius 1 is 0.895 bits per heavy atom. The van der Waals surface area contributed by atoms with Crippen LogP contribution in [-0.2, 0) is 4.74 Å². The lowest BCUT2D eigenvalue weighted by Crippen LogP contribution is -2.22. The van der Waals surface area contributed by atoms with Gasteiger partial charge in [-0.15, -0.1) is 0 Å². The first-order valence-electron chi connectivity index (χ1n) is 6.24. The predicted octanol–water partition coefficient (Wildman–Crippen LogP) is 3.08. The highest BCUT2D eigenvalue weighted by atomic mass is 16.5. The summed E-state index contributed by atoms with van der Waals surface area (Å²) in [5.74, 6) is 0.785. The van der Waals surface area contributed by atoms with Gasteiger partial charge in [-0.05, 0) is 11.6 Å². The van der Waals surface area contributed by atoms with E-state index in [1.54, 1.807) is 14.2 Å². The van der Waals surface area contributed by atoms with Gasteiger partial charge in [0.15, 0.2) is 0 Å². The molecule has 0 aliphatic carbocycles. The first kappa shape index (κ1) is 13.6. The van der Waals surface area contributed by atoms with E-state index in [4.69, 9.17) is 15.2 Å². The summed E-state index contributed by atoms with van der Waals surface area (Å²) in [5, 5.41) is 0. The van der Waals surface area contributed by atoms with E-state index in [1.165, 1.54) is 0 Å². The van der Waals surface area contributed by atoms with Crippen LogP contribution >= 0.6 is 0 Å². The van der Waals surface area contributed by atoms with Gasteiger partial charge in [-0.2, -0.15) is 0 Å². The van der Waals surface area contributed by atoms with Gasteiger partial charge in [-0.25, -0.2) is 0 Å². The summed E-state index contributed by atoms with van der Waals surface area (Å²) in [5.41, 5.74) is 8.36. The second-order valence-electron chi connectivity index (χ2n) is 4.33. The van der Waals surface area contributed by atoms with Crippen LogP contribution in [0.4, 0.5) is 0 Å². The van der Waals surface area contributed by atoms with Crippen LogP contribution in [0.3, 0.4) is 0 Å². The van der Waals surface area contributed by atoms with Crippen molar-refractivity contribution in [2.75, 3.05) is 14.2 Å². The Morgan fingerprint density at radius 2 is 1.53 bits per heavy atom. The van der Waals surface area contributed by atoms with Crippen molar-refractivity contribution in [3.8, 4) is 5.75 Å². The molecule has 0 bridgehead atoms. The molecule has 100 valence electrons. The van der Waals surface area contributed by atoms with Crippen molar-refractivity contribution in [3.05, 3.63) is 65.7 Å². The number of nitrogens with two attached hydrogens (primary N) is 1. The van der Waals surface area contributed by atoms with Crippen LogP contribution in [0.5, 0.6) is 5.75 Å². The third-order valence-corrected chi connectivity index (χ3v) is 3.21. The number of para-hydroxylation sites is 1. The van der Waals surface area contributed by atoms with Crippen molar-refractivity contribution in [3.63, 3.8) is 0 Å². The van der Waals surface area contributed by atoms with Crippen LogP contribution in [0, 0.1) is 0 Å². The van der Waals surface area contributed by atoms with Crippen LogP contribution in [0.15, 0.2) is 54.6 Å². The average Bonchev–Trinajstić information content (AvgIpc) is 2.49. The minimum absolute atomic E-state index is 0.197. The number of benzene rings is 2. The fraction of sp³-hybridized carbons (Fsp3) is 0.250. The van der Waals surface area contributed by atoms with E-state index >= 15 is 0 Å². The summed E-state index contributed by atoms with van der Waals surface area (Å²) in [4.78, 5) is 0. The highest BCUT2D eigenvalue weighted by molar-refractivity contribution is 5.37. The molecule has 0 aliphatic rings. The Balaban J connectivity index is 2.33. The highest BCUT2D eigenvalue weighted by Crippen LogP contribution is 2.34. The van der Waals surface area contributed by atoms with Gasteiger partial charge in [0.05, 0.1) is 13.2 Å². The Hall–Kier alpha value is -1.84. The van der Waals surface area contributed by atoms with E-state index in [0.717, 1.165) is 16.9 Å². The Labute approximate surface area is 114 Å². The lowest BCUT2D eigenvalue weighted by Gasteiger charge is -2.24. The molecule has 2 atom stereocenters. The SMILES string of the molecule is COc1ccccc1C(N)C(OC)c1ccccc1. The van der Waals surface area contributed by atoms with E-state index in [0.29, 0.717) is 0 Å². The quantitative estimate of drug-likeness (QED) is 0.895. The van der Waals surface area contributed by atoms with Crippen molar-refractivity contribution >= 4 is 0 Å². The number of rotatable bonds is 5. The van der Waals surface area contributed by atoms with Crippen molar-refractivity contribution in [1.29, 1.82) is 0 Å². The van der Waals surface area contributed by atoms with Gasteiger partial charge in [0.1, 0.15) is 11.9 Å². The van der Waals surface area contributed by atoms with Gasteiger partial charge < -0.3 is 15.2 Å². The monoisotopic (exact) mass is 257 g/mol. The van der Waals surface area contributed by atoms with E-state index < -0.39 is 0 Å². The van der Waals surface area contributed by atoms with Crippen LogP contribution in [0.2, 0.25) is 0 Å². The zero-order chi connectivity index (χ0) is 13.7. The molecule has 0 fully saturated rings. The summed E-state index contributed by atoms with van der Waals surface area (Å²) >= 11 is 0. The van der Waals surface area contributed by atoms with Crippen LogP contribution in [0.25, 0.3) is 0 Å². The van der Waals surface area contributed by atoms with Gasteiger partial charge in [0.25, 0.3) is 0 Å². The summed E-state index contributed by atoms with van der Waals surface area (Å²) in [7, 11) is 3.32. The molecule has 3 nitrogen and oxygen atoms in total. The number of methoxy groups -OCH3 is 2. The molecule has 2 unspecified atom stereocenters. The van der Waals surface area contributed by atoms with Crippen molar-refractivity contribution in [1.82, 2.24) is 0 Å². The molecule has 0 amide bonds. The third-order valence-electron chi connectivity index (χ3n) is 3.21. The Bertz CT molecular complexity index is 513. The molecule has 2 rings (SSSR count). The van der Waals surface area contributed by atoms with Crippen LogP contribution in [0.1, 0.15) is 23.3 Å². The summed E-state index contributed by atoms with van der Waals surface area (Å²) in [6.45, 7) is 0. The summed E-state index contributed by atoms with van der Waals surface area (Å²) < 4.78 is 10.9. The molecule has 0 aromatic heterocycles. The molecule has 2 N–H and O–H groups in total. The number of hydrogen-bond donors (Lipinski definition) is 1. The standard InChI is InChI=1S/C16H19NO2/c1-18-14-11-7-6-10-13(14)15(17)16(19-2)12-8-4-3-5-9-12/h3-11,15-16H,17H2,1-2H3. The molecule has 2 aromatic rings. The molecule has 0 heterocycles. The number of hydrogen-bond acceptors (Lipinski definition) is 3. The molecule has 0 radical (unpaired) electrons. The van der Waals surface area contributed by atoms with Crippen LogP contribution in [-0.4, -0.2) is 14.2 Å². The lowest BCUT2D eigenvalue weighted by molar-refractivity contribution is 0.0794. The molecule has 0 aliphatic heterocycles. The molecule has 19 heavy (non-hydrogen) atoms. The maximum Gasteiger partial charge on any atom is 0.123 e. The van der Waals surface area contributed by atoms with Gasteiger partial charge in [-0.1, -0.05) is 48.5 Å². The zero-order valence-corrected chi connectivity index (χ0v) is 11.2. The second kappa shape index (κ2) is 6.36. The molecule has 0 saturated carbocycles. The van der Waals surface area contributed by atoms with Gasteiger partial charge in [-0.3, -0.25) is 0 Å². The number of ether oxygens (including phenoxy) is 2. The zero-order valence-electron chi connectivity index (χ0n) is 11.2. The first-order valence-corrected chi connectivity index (χ1v) is 6.24. The largest absolute Gasteiger partial charge is 0.496 e. The highest BCUT2D eigenvalue weighted by Gasteiger charge is 2.23. The van der Waals surface area contributed by atoms with Gasteiger partial charge in [0, 0.05) is 12.7 Å². The minimum atomic E-state index is -0.274. The molecular weight excluding hydrogens is 238 g/mol. The molecular formula is C16H19NO2. The van der Waals surface area contributed by atoms with Crippen molar-refractivity contribution < 1.29 is 9.47 Å². The molecule has 3 heteroatoms. The fourth-order valence-electron chi connectivity index (χ4n) is 2.24. The van der Waals surface area contributed by atoms with E-state index in [1.807, 2.05) is 54.6 Å². The smallest absolute Gasteiger partial charge is 0.123 e. The first-order chi connectivity index (χ1) is 9.27. The molecule has 2 aromatic carbocycles. The maximum absolute atomic E-state index is 6.35. The minimum Gasteiger partial charge on any atom is -0.496 e. The Morgan fingerprint density at radius 3 is 2.16 bits per heavy atom. The fourth-order valence-corrected chi connectivity index (χ4v) is 2.24. The van der Waals surface area contributed by atoms with E-state index in [2.05, 4.69) is 0 Å². The third kappa shape index (κ3) is 2.95. The summed E-state index contributed by atoms with van der Waals surface area (Å²) in [6.07, 6.45) is -0.197. The van der Waals surface area contributed by atoms with E-state index in [-0.39, 0.29) is 12.1 Å². The van der Waals surface area contributed by atoms with Gasteiger partial charge in [0.2, 0.25) is 0 Å².